The Morgan fingerprint density at radius 3 is 3.05 bits per heavy atom. The van der Waals surface area contributed by atoms with E-state index in [4.69, 9.17) is 0 Å². The lowest BCUT2D eigenvalue weighted by Crippen LogP contribution is -2.24. The van der Waals surface area contributed by atoms with Crippen molar-refractivity contribution in [2.75, 3.05) is 0 Å². The van der Waals surface area contributed by atoms with Crippen LogP contribution in [-0.4, -0.2) is 20.9 Å². The summed E-state index contributed by atoms with van der Waals surface area (Å²) in [4.78, 5) is 12.8. The van der Waals surface area contributed by atoms with Gasteiger partial charge in [0.1, 0.15) is 5.69 Å². The van der Waals surface area contributed by atoms with Crippen LogP contribution in [0, 0.1) is 0 Å². The van der Waals surface area contributed by atoms with Crippen LogP contribution in [-0.2, 0) is 17.8 Å². The molecule has 3 rings (SSSR count). The Morgan fingerprint density at radius 1 is 1.35 bits per heavy atom. The van der Waals surface area contributed by atoms with E-state index in [1.165, 1.54) is 0 Å². The molecule has 0 aliphatic heterocycles. The zero-order valence-electron chi connectivity index (χ0n) is 10.5. The average Bonchev–Trinajstić information content (AvgIpc) is 3.18. The second kappa shape index (κ2) is 5.98. The predicted molar refractivity (Wildman–Crippen MR) is 79.1 cm³/mol. The summed E-state index contributed by atoms with van der Waals surface area (Å²) in [5.41, 5.74) is 1.73. The van der Waals surface area contributed by atoms with Crippen molar-refractivity contribution in [3.05, 3.63) is 51.1 Å². The van der Waals surface area contributed by atoms with Gasteiger partial charge in [-0.15, -0.1) is 16.4 Å². The van der Waals surface area contributed by atoms with Crippen LogP contribution in [0.4, 0.5) is 0 Å². The predicted octanol–water partition coefficient (Wildman–Crippen LogP) is 2.25. The van der Waals surface area contributed by atoms with Crippen molar-refractivity contribution in [3.63, 3.8) is 0 Å². The molecule has 0 fully saturated rings. The molecule has 0 unspecified atom stereocenters. The lowest BCUT2D eigenvalue weighted by atomic mass is 10.3. The minimum absolute atomic E-state index is 0.00228. The van der Waals surface area contributed by atoms with E-state index in [2.05, 4.69) is 15.6 Å². The lowest BCUT2D eigenvalue weighted by molar-refractivity contribution is -0.120. The van der Waals surface area contributed by atoms with Gasteiger partial charge in [0.15, 0.2) is 0 Å². The van der Waals surface area contributed by atoms with Crippen LogP contribution >= 0.6 is 22.7 Å². The fraction of sp³-hybridized carbons (Fsp3) is 0.154. The fourth-order valence-corrected chi connectivity index (χ4v) is 3.04. The minimum Gasteiger partial charge on any atom is -0.350 e. The molecule has 20 heavy (non-hydrogen) atoms. The van der Waals surface area contributed by atoms with E-state index in [9.17, 15) is 4.79 Å². The van der Waals surface area contributed by atoms with Gasteiger partial charge in [-0.25, -0.2) is 4.68 Å². The number of carbonyl (C=O) groups is 1. The second-order valence-electron chi connectivity index (χ2n) is 4.17. The lowest BCUT2D eigenvalue weighted by Gasteiger charge is -2.00. The van der Waals surface area contributed by atoms with Crippen LogP contribution < -0.4 is 5.32 Å². The highest BCUT2D eigenvalue weighted by Gasteiger charge is 2.07. The highest BCUT2D eigenvalue weighted by molar-refractivity contribution is 7.10. The molecule has 3 aromatic heterocycles. The van der Waals surface area contributed by atoms with E-state index in [0.29, 0.717) is 13.0 Å². The number of hydrogen-bond acceptors (Lipinski definition) is 5. The maximum atomic E-state index is 11.8. The summed E-state index contributed by atoms with van der Waals surface area (Å²) >= 11 is 3.19. The van der Waals surface area contributed by atoms with Crippen LogP contribution in [0.1, 0.15) is 10.6 Å². The minimum atomic E-state index is -0.00228. The third kappa shape index (κ3) is 3.12. The Labute approximate surface area is 123 Å². The number of rotatable bonds is 5. The molecule has 1 amide bonds. The zero-order chi connectivity index (χ0) is 13.8. The summed E-state index contributed by atoms with van der Waals surface area (Å²) < 4.78 is 1.71. The molecule has 0 saturated carbocycles. The molecule has 0 aliphatic carbocycles. The van der Waals surface area contributed by atoms with Gasteiger partial charge in [0, 0.05) is 10.3 Å². The SMILES string of the molecule is O=C(Cc1cccs1)NCc1cn(-c2ccsc2)nn1. The molecule has 0 spiro atoms. The standard InChI is InChI=1S/C13H12N4OS2/c18-13(6-12-2-1-4-20-12)14-7-10-8-17(16-15-10)11-3-5-19-9-11/h1-5,8-9H,6-7H2,(H,14,18). The molecule has 0 bridgehead atoms. The maximum absolute atomic E-state index is 11.8. The number of thiophene rings is 2. The normalized spacial score (nSPS) is 10.6. The van der Waals surface area contributed by atoms with Gasteiger partial charge in [0.2, 0.25) is 5.91 Å². The van der Waals surface area contributed by atoms with Crippen molar-refractivity contribution < 1.29 is 4.79 Å². The first kappa shape index (κ1) is 13.0. The monoisotopic (exact) mass is 304 g/mol. The van der Waals surface area contributed by atoms with Crippen molar-refractivity contribution in [3.8, 4) is 5.69 Å². The van der Waals surface area contributed by atoms with Gasteiger partial charge in [0.25, 0.3) is 0 Å². The Bertz CT molecular complexity index is 673. The molecule has 0 aliphatic rings. The second-order valence-corrected chi connectivity index (χ2v) is 5.98. The average molecular weight is 304 g/mol. The molecule has 7 heteroatoms. The van der Waals surface area contributed by atoms with E-state index in [0.717, 1.165) is 16.3 Å². The quantitative estimate of drug-likeness (QED) is 0.786. The van der Waals surface area contributed by atoms with E-state index in [1.807, 2.05) is 40.5 Å². The summed E-state index contributed by atoms with van der Waals surface area (Å²) in [6, 6.07) is 5.87. The molecule has 1 N–H and O–H groups in total. The molecule has 0 atom stereocenters. The van der Waals surface area contributed by atoms with Gasteiger partial charge in [-0.05, 0) is 22.9 Å². The van der Waals surface area contributed by atoms with E-state index in [-0.39, 0.29) is 5.91 Å². The summed E-state index contributed by atoms with van der Waals surface area (Å²) in [6.45, 7) is 0.397. The van der Waals surface area contributed by atoms with E-state index in [1.54, 1.807) is 27.4 Å². The summed E-state index contributed by atoms with van der Waals surface area (Å²) in [6.07, 6.45) is 2.24. The number of nitrogens with zero attached hydrogens (tertiary/aromatic N) is 3. The summed E-state index contributed by atoms with van der Waals surface area (Å²) in [5, 5.41) is 16.9. The molecular formula is C13H12N4OS2. The largest absolute Gasteiger partial charge is 0.350 e. The smallest absolute Gasteiger partial charge is 0.225 e. The zero-order valence-corrected chi connectivity index (χ0v) is 12.2. The Balaban J connectivity index is 1.55. The highest BCUT2D eigenvalue weighted by Crippen LogP contribution is 2.11. The number of nitrogens with one attached hydrogen (secondary N) is 1. The van der Waals surface area contributed by atoms with Crippen LogP contribution in [0.3, 0.4) is 0 Å². The number of aromatic nitrogens is 3. The van der Waals surface area contributed by atoms with Crippen LogP contribution in [0.5, 0.6) is 0 Å². The van der Waals surface area contributed by atoms with Crippen molar-refractivity contribution in [1.29, 1.82) is 0 Å². The molecule has 0 radical (unpaired) electrons. The van der Waals surface area contributed by atoms with Gasteiger partial charge in [-0.3, -0.25) is 4.79 Å². The first-order valence-corrected chi connectivity index (χ1v) is 7.86. The number of amides is 1. The van der Waals surface area contributed by atoms with Gasteiger partial charge in [-0.1, -0.05) is 11.3 Å². The van der Waals surface area contributed by atoms with Crippen molar-refractivity contribution in [2.24, 2.45) is 0 Å². The third-order valence-corrected chi connectivity index (χ3v) is 4.24. The van der Waals surface area contributed by atoms with Gasteiger partial charge < -0.3 is 5.32 Å². The van der Waals surface area contributed by atoms with Crippen LogP contribution in [0.2, 0.25) is 0 Å². The molecule has 3 heterocycles. The Kier molecular flexibility index (Phi) is 3.89. The molecule has 0 saturated heterocycles. The van der Waals surface area contributed by atoms with Crippen molar-refractivity contribution >= 4 is 28.6 Å². The number of hydrogen-bond donors (Lipinski definition) is 1. The van der Waals surface area contributed by atoms with Crippen molar-refractivity contribution in [1.82, 2.24) is 20.3 Å². The summed E-state index contributed by atoms with van der Waals surface area (Å²) in [7, 11) is 0. The first-order valence-electron chi connectivity index (χ1n) is 6.04. The molecule has 0 aromatic carbocycles. The topological polar surface area (TPSA) is 59.8 Å². The van der Waals surface area contributed by atoms with Gasteiger partial charge >= 0.3 is 0 Å². The van der Waals surface area contributed by atoms with Gasteiger partial charge in [0.05, 0.1) is 24.8 Å². The van der Waals surface area contributed by atoms with Gasteiger partial charge in [-0.2, -0.15) is 11.3 Å². The Hall–Kier alpha value is -1.99. The first-order chi connectivity index (χ1) is 9.81. The van der Waals surface area contributed by atoms with Crippen LogP contribution in [0.25, 0.3) is 5.69 Å². The number of carbonyl (C=O) groups excluding carboxylic acids is 1. The third-order valence-electron chi connectivity index (χ3n) is 2.69. The fourth-order valence-electron chi connectivity index (χ4n) is 1.72. The molecule has 5 nitrogen and oxygen atoms in total. The van der Waals surface area contributed by atoms with Crippen LogP contribution in [0.15, 0.2) is 40.5 Å². The van der Waals surface area contributed by atoms with E-state index < -0.39 is 0 Å². The molecule has 102 valence electrons. The molecular weight excluding hydrogens is 292 g/mol. The molecule has 3 aromatic rings. The van der Waals surface area contributed by atoms with Crippen molar-refractivity contribution in [2.45, 2.75) is 13.0 Å². The van der Waals surface area contributed by atoms with E-state index >= 15 is 0 Å². The highest BCUT2D eigenvalue weighted by atomic mass is 32.1. The Morgan fingerprint density at radius 2 is 2.30 bits per heavy atom. The maximum Gasteiger partial charge on any atom is 0.225 e. The summed E-state index contributed by atoms with van der Waals surface area (Å²) in [5.74, 6) is -0.00228.